The number of aliphatic hydroxyl groups is 4. The first-order valence-electron chi connectivity index (χ1n) is 16.5. The number of ether oxygens (including phenoxy) is 3. The molecule has 12 atom stereocenters. The molecule has 10 heteroatoms. The monoisotopic (exact) mass is 613 g/mol. The Balaban J connectivity index is 1.17. The number of esters is 1. The average Bonchev–Trinajstić information content (AvgIpc) is 3.71. The average molecular weight is 614 g/mol. The molecule has 5 fully saturated rings. The van der Waals surface area contributed by atoms with E-state index in [1.54, 1.807) is 19.3 Å². The van der Waals surface area contributed by atoms with E-state index in [1.165, 1.54) is 0 Å². The van der Waals surface area contributed by atoms with Crippen molar-refractivity contribution < 1.29 is 43.8 Å². The van der Waals surface area contributed by atoms with E-state index in [0.29, 0.717) is 51.7 Å². The van der Waals surface area contributed by atoms with Crippen LogP contribution in [-0.2, 0) is 25.5 Å². The number of carbonyl (C=O) groups is 1. The Labute approximate surface area is 258 Å². The standard InChI is InChI=1S/C34H47NO9/c1-20-30(38)27(36)15-29(43-20)44-22-5-10-32(19-35-17-23-4-3-13-41-23)25-6-9-31(2)24(21-14-28(37)42-18-21)8-12-34(31,40)26(25)7-11-33(32,39)16-22/h3-4,13-14,19-20,22,24-27,29-30,36,38-40H,5-12,15-18H2,1-2H3/t20-,22+,24+,25+,26+,27+,29-,30+,31-,32+,33-,34-/m0/s1. The molecular formula is C34H47NO9. The summed E-state index contributed by atoms with van der Waals surface area (Å²) >= 11 is 0. The van der Waals surface area contributed by atoms with Gasteiger partial charge >= 0.3 is 5.97 Å². The Hall–Kier alpha value is -2.08. The summed E-state index contributed by atoms with van der Waals surface area (Å²) in [5.74, 6) is 0.569. The van der Waals surface area contributed by atoms with Gasteiger partial charge in [-0.2, -0.15) is 0 Å². The molecule has 4 saturated carbocycles. The molecule has 2 aliphatic heterocycles. The molecule has 3 heterocycles. The largest absolute Gasteiger partial charge is 0.467 e. The molecule has 0 aromatic carbocycles. The molecule has 6 aliphatic rings. The molecule has 0 bridgehead atoms. The van der Waals surface area contributed by atoms with E-state index in [9.17, 15) is 25.2 Å². The van der Waals surface area contributed by atoms with Crippen molar-refractivity contribution in [3.05, 3.63) is 35.8 Å². The lowest BCUT2D eigenvalue weighted by atomic mass is 9.41. The first-order valence-corrected chi connectivity index (χ1v) is 16.5. The Bertz CT molecular complexity index is 1290. The number of furan rings is 1. The maximum atomic E-state index is 12.7. The summed E-state index contributed by atoms with van der Waals surface area (Å²) in [7, 11) is 0. The lowest BCUT2D eigenvalue weighted by Gasteiger charge is -2.66. The fourth-order valence-corrected chi connectivity index (χ4v) is 10.5. The van der Waals surface area contributed by atoms with E-state index in [2.05, 4.69) is 6.92 Å². The van der Waals surface area contributed by atoms with Crippen LogP contribution < -0.4 is 0 Å². The number of cyclic esters (lactones) is 1. The van der Waals surface area contributed by atoms with Gasteiger partial charge in [0.25, 0.3) is 0 Å². The third kappa shape index (κ3) is 4.66. The second kappa shape index (κ2) is 11.0. The van der Waals surface area contributed by atoms with E-state index in [4.69, 9.17) is 23.6 Å². The first kappa shape index (κ1) is 30.6. The molecule has 1 aromatic heterocycles. The minimum Gasteiger partial charge on any atom is -0.467 e. The minimum atomic E-state index is -1.10. The third-order valence-corrected chi connectivity index (χ3v) is 12.8. The van der Waals surface area contributed by atoms with Crippen LogP contribution in [0.15, 0.2) is 39.5 Å². The van der Waals surface area contributed by atoms with Crippen LogP contribution in [0.2, 0.25) is 0 Å². The van der Waals surface area contributed by atoms with Gasteiger partial charge in [0.1, 0.15) is 18.5 Å². The van der Waals surface area contributed by atoms with Gasteiger partial charge in [0.05, 0.1) is 42.3 Å². The quantitative estimate of drug-likeness (QED) is 0.215. The Morgan fingerprint density at radius 1 is 1.09 bits per heavy atom. The Morgan fingerprint density at radius 2 is 1.91 bits per heavy atom. The zero-order valence-corrected chi connectivity index (χ0v) is 25.8. The molecule has 0 unspecified atom stereocenters. The summed E-state index contributed by atoms with van der Waals surface area (Å²) in [5, 5.41) is 45.8. The van der Waals surface area contributed by atoms with Crippen molar-refractivity contribution in [2.24, 2.45) is 33.6 Å². The summed E-state index contributed by atoms with van der Waals surface area (Å²) < 4.78 is 23.0. The molecule has 4 aliphatic carbocycles. The van der Waals surface area contributed by atoms with E-state index in [-0.39, 0.29) is 41.7 Å². The molecule has 44 heavy (non-hydrogen) atoms. The number of rotatable bonds is 6. The topological polar surface area (TPSA) is 151 Å². The summed E-state index contributed by atoms with van der Waals surface area (Å²) in [6.07, 6.45) is 8.14. The highest BCUT2D eigenvalue weighted by atomic mass is 16.7. The third-order valence-electron chi connectivity index (χ3n) is 12.8. The molecule has 242 valence electrons. The highest BCUT2D eigenvalue weighted by Crippen LogP contribution is 2.70. The number of hydrogen-bond acceptors (Lipinski definition) is 10. The van der Waals surface area contributed by atoms with Crippen molar-refractivity contribution in [3.63, 3.8) is 0 Å². The first-order chi connectivity index (χ1) is 21.0. The van der Waals surface area contributed by atoms with Gasteiger partial charge in [0.2, 0.25) is 0 Å². The lowest BCUT2D eigenvalue weighted by molar-refractivity contribution is -0.282. The number of carbonyl (C=O) groups excluding carboxylic acids is 1. The Morgan fingerprint density at radius 3 is 2.64 bits per heavy atom. The predicted molar refractivity (Wildman–Crippen MR) is 158 cm³/mol. The minimum absolute atomic E-state index is 0.0168. The second-order valence-electron chi connectivity index (χ2n) is 14.7. The summed E-state index contributed by atoms with van der Waals surface area (Å²) in [6, 6.07) is 3.74. The number of fused-ring (bicyclic) bond motifs is 5. The van der Waals surface area contributed by atoms with Crippen LogP contribution in [0, 0.1) is 28.6 Å². The second-order valence-corrected chi connectivity index (χ2v) is 14.7. The van der Waals surface area contributed by atoms with Gasteiger partial charge in [-0.05, 0) is 93.7 Å². The van der Waals surface area contributed by atoms with Crippen molar-refractivity contribution in [2.45, 2.75) is 127 Å². The van der Waals surface area contributed by atoms with Gasteiger partial charge in [-0.1, -0.05) is 6.92 Å². The van der Waals surface area contributed by atoms with Crippen molar-refractivity contribution in [1.29, 1.82) is 0 Å². The summed E-state index contributed by atoms with van der Waals surface area (Å²) in [5.41, 5.74) is -2.05. The van der Waals surface area contributed by atoms with Crippen molar-refractivity contribution in [3.8, 4) is 0 Å². The fraction of sp³-hybridized carbons (Fsp3) is 0.765. The van der Waals surface area contributed by atoms with Crippen LogP contribution in [0.25, 0.3) is 0 Å². The van der Waals surface area contributed by atoms with Crippen molar-refractivity contribution in [2.75, 3.05) is 6.61 Å². The molecule has 0 spiro atoms. The molecule has 10 nitrogen and oxygen atoms in total. The maximum absolute atomic E-state index is 12.7. The fourth-order valence-electron chi connectivity index (χ4n) is 10.5. The molecule has 4 N–H and O–H groups in total. The van der Waals surface area contributed by atoms with Gasteiger partial charge in [-0.3, -0.25) is 4.99 Å². The van der Waals surface area contributed by atoms with Crippen LogP contribution in [0.5, 0.6) is 0 Å². The molecule has 7 rings (SSSR count). The number of nitrogens with zero attached hydrogens (tertiary/aromatic N) is 1. The van der Waals surface area contributed by atoms with Crippen LogP contribution in [0.3, 0.4) is 0 Å². The van der Waals surface area contributed by atoms with Gasteiger partial charge < -0.3 is 39.1 Å². The van der Waals surface area contributed by atoms with Crippen molar-refractivity contribution >= 4 is 12.2 Å². The SMILES string of the molecule is C[C@@H]1O[C@@H](O[C@@H]2CC[C@@]3(C=NCc4ccco4)[C@@H]4CC[C@@]5(C)[C@@H](C6=CC(=O)OC6)CC[C@]5(O)[C@@H]4CC[C@]3(O)C2)C[C@@H](O)[C@@H]1O. The van der Waals surface area contributed by atoms with Crippen LogP contribution in [-0.4, -0.2) is 81.1 Å². The molecule has 1 aromatic rings. The van der Waals surface area contributed by atoms with Crippen LogP contribution in [0.1, 0.15) is 83.8 Å². The van der Waals surface area contributed by atoms with E-state index >= 15 is 0 Å². The molecule has 0 amide bonds. The van der Waals surface area contributed by atoms with Gasteiger partial charge in [-0.15, -0.1) is 0 Å². The predicted octanol–water partition coefficient (Wildman–Crippen LogP) is 3.44. The molecule has 0 radical (unpaired) electrons. The van der Waals surface area contributed by atoms with Crippen LogP contribution in [0.4, 0.5) is 0 Å². The number of aliphatic hydroxyl groups excluding tert-OH is 2. The van der Waals surface area contributed by atoms with Gasteiger partial charge in [0.15, 0.2) is 6.29 Å². The Kier molecular flexibility index (Phi) is 7.66. The van der Waals surface area contributed by atoms with E-state index in [0.717, 1.165) is 30.6 Å². The summed E-state index contributed by atoms with van der Waals surface area (Å²) in [4.78, 5) is 16.8. The van der Waals surface area contributed by atoms with E-state index < -0.39 is 41.2 Å². The van der Waals surface area contributed by atoms with Crippen LogP contribution >= 0.6 is 0 Å². The number of hydrogen-bond donors (Lipinski definition) is 4. The highest BCUT2D eigenvalue weighted by molar-refractivity contribution is 5.85. The normalized spacial score (nSPS) is 48.9. The van der Waals surface area contributed by atoms with Gasteiger partial charge in [-0.25, -0.2) is 4.79 Å². The smallest absolute Gasteiger partial charge is 0.331 e. The zero-order valence-electron chi connectivity index (χ0n) is 25.8. The van der Waals surface area contributed by atoms with Gasteiger partial charge in [0, 0.05) is 36.0 Å². The zero-order chi connectivity index (χ0) is 30.9. The number of aliphatic imine (C=N–C) groups is 1. The maximum Gasteiger partial charge on any atom is 0.331 e. The van der Waals surface area contributed by atoms with Crippen molar-refractivity contribution in [1.82, 2.24) is 0 Å². The molecule has 1 saturated heterocycles. The van der Waals surface area contributed by atoms with E-state index in [1.807, 2.05) is 18.3 Å². The lowest BCUT2D eigenvalue weighted by Crippen LogP contribution is -2.69. The molecular weight excluding hydrogens is 566 g/mol. The summed E-state index contributed by atoms with van der Waals surface area (Å²) in [6.45, 7) is 4.61. The highest BCUT2D eigenvalue weighted by Gasteiger charge is 2.71.